The van der Waals surface area contributed by atoms with Gasteiger partial charge in [0.05, 0.1) is 6.61 Å². The molecule has 0 saturated heterocycles. The van der Waals surface area contributed by atoms with Crippen molar-refractivity contribution in [1.29, 1.82) is 0 Å². The number of rotatable bonds is 7. The largest absolute Gasteiger partial charge is 1.00 e. The van der Waals surface area contributed by atoms with E-state index in [0.717, 1.165) is 25.7 Å². The van der Waals surface area contributed by atoms with Crippen LogP contribution in [-0.4, -0.2) is 25.4 Å². The Hall–Kier alpha value is 0.540. The standard InChI is InChI=1S/C26H44O5S.Na/c1-5-18-20-10-6-7-14-25(20,3)22-13-15-26(4)19(11-12-21(26)23(22)24(18)27)17(2)9-8-16-31-32(28,29)30;/h17-23H,5-16H2,1-4H3,(H,28,29,30);/q;+1/p-1/t17-,18-,19-,20+,21?,22?,23?,25+,26-;/m1./s1. The summed E-state index contributed by atoms with van der Waals surface area (Å²) in [6.07, 6.45) is 12.3. The number of hydrogen-bond acceptors (Lipinski definition) is 5. The van der Waals surface area contributed by atoms with Crippen LogP contribution in [-0.2, 0) is 19.4 Å². The van der Waals surface area contributed by atoms with Gasteiger partial charge in [-0.2, -0.15) is 0 Å². The van der Waals surface area contributed by atoms with Crippen molar-refractivity contribution in [1.82, 2.24) is 0 Å². The molecule has 4 rings (SSSR count). The minimum absolute atomic E-state index is 0. The molecule has 0 aromatic heterocycles. The molecule has 4 saturated carbocycles. The van der Waals surface area contributed by atoms with Gasteiger partial charge in [0.2, 0.25) is 10.4 Å². The summed E-state index contributed by atoms with van der Waals surface area (Å²) >= 11 is 0. The first kappa shape index (κ1) is 28.1. The molecule has 7 heteroatoms. The van der Waals surface area contributed by atoms with E-state index in [1.54, 1.807) is 0 Å². The minimum atomic E-state index is -4.60. The summed E-state index contributed by atoms with van der Waals surface area (Å²) in [5.41, 5.74) is 0.529. The molecule has 0 aromatic carbocycles. The summed E-state index contributed by atoms with van der Waals surface area (Å²) in [4.78, 5) is 14.0. The average molecular weight is 491 g/mol. The van der Waals surface area contributed by atoms with Crippen LogP contribution >= 0.6 is 0 Å². The Morgan fingerprint density at radius 3 is 2.39 bits per heavy atom. The first-order valence-electron chi connectivity index (χ1n) is 13.2. The number of hydrogen-bond donors (Lipinski definition) is 0. The molecule has 184 valence electrons. The number of fused-ring (bicyclic) bond motifs is 5. The molecule has 4 aliphatic rings. The van der Waals surface area contributed by atoms with Crippen molar-refractivity contribution in [3.05, 3.63) is 0 Å². The summed E-state index contributed by atoms with van der Waals surface area (Å²) in [5.74, 6) is 3.74. The fourth-order valence-electron chi connectivity index (χ4n) is 9.46. The van der Waals surface area contributed by atoms with E-state index in [4.69, 9.17) is 0 Å². The summed E-state index contributed by atoms with van der Waals surface area (Å²) in [7, 11) is -4.60. The third kappa shape index (κ3) is 5.05. The zero-order chi connectivity index (χ0) is 23.3. The Morgan fingerprint density at radius 2 is 1.73 bits per heavy atom. The van der Waals surface area contributed by atoms with E-state index < -0.39 is 10.4 Å². The van der Waals surface area contributed by atoms with Crippen molar-refractivity contribution in [3.8, 4) is 0 Å². The monoisotopic (exact) mass is 490 g/mol. The summed E-state index contributed by atoms with van der Waals surface area (Å²) in [6.45, 7) is 9.45. The third-order valence-corrected chi connectivity index (χ3v) is 11.3. The van der Waals surface area contributed by atoms with Crippen LogP contribution in [0.25, 0.3) is 0 Å². The molecule has 0 amide bonds. The maximum atomic E-state index is 14.0. The van der Waals surface area contributed by atoms with Gasteiger partial charge in [-0.1, -0.05) is 40.5 Å². The predicted octanol–water partition coefficient (Wildman–Crippen LogP) is 2.75. The van der Waals surface area contributed by atoms with E-state index in [1.165, 1.54) is 38.5 Å². The Morgan fingerprint density at radius 1 is 1.03 bits per heavy atom. The van der Waals surface area contributed by atoms with Gasteiger partial charge in [-0.05, 0) is 98.2 Å². The van der Waals surface area contributed by atoms with Crippen LogP contribution < -0.4 is 29.6 Å². The van der Waals surface area contributed by atoms with Crippen LogP contribution in [0.4, 0.5) is 0 Å². The van der Waals surface area contributed by atoms with Gasteiger partial charge in [0.1, 0.15) is 5.78 Å². The van der Waals surface area contributed by atoms with Crippen molar-refractivity contribution in [3.63, 3.8) is 0 Å². The van der Waals surface area contributed by atoms with Crippen LogP contribution in [0.15, 0.2) is 0 Å². The first-order valence-corrected chi connectivity index (χ1v) is 14.5. The number of ketones is 1. The van der Waals surface area contributed by atoms with Gasteiger partial charge >= 0.3 is 29.6 Å². The number of carbonyl (C=O) groups excluding carboxylic acids is 1. The van der Waals surface area contributed by atoms with E-state index in [0.29, 0.717) is 47.2 Å². The maximum absolute atomic E-state index is 14.0. The molecule has 5 nitrogen and oxygen atoms in total. The predicted molar refractivity (Wildman–Crippen MR) is 123 cm³/mol. The second-order valence-corrected chi connectivity index (χ2v) is 13.1. The second-order valence-electron chi connectivity index (χ2n) is 12.1. The van der Waals surface area contributed by atoms with E-state index in [9.17, 15) is 17.8 Å². The molecule has 0 N–H and O–H groups in total. The molecule has 0 spiro atoms. The molecular formula is C26H43NaO5S. The summed E-state index contributed by atoms with van der Waals surface area (Å²) < 4.78 is 36.5. The molecule has 9 atom stereocenters. The van der Waals surface area contributed by atoms with Crippen molar-refractivity contribution in [2.24, 2.45) is 52.3 Å². The van der Waals surface area contributed by atoms with Crippen LogP contribution in [0.1, 0.15) is 98.3 Å². The minimum Gasteiger partial charge on any atom is -0.726 e. The molecule has 4 fully saturated rings. The molecular weight excluding hydrogens is 447 g/mol. The van der Waals surface area contributed by atoms with Crippen molar-refractivity contribution < 1.29 is 51.5 Å². The molecule has 0 bridgehead atoms. The fourth-order valence-corrected chi connectivity index (χ4v) is 9.78. The van der Waals surface area contributed by atoms with Gasteiger partial charge in [-0.3, -0.25) is 8.98 Å². The average Bonchev–Trinajstić information content (AvgIpc) is 3.08. The van der Waals surface area contributed by atoms with E-state index >= 15 is 0 Å². The zero-order valence-electron chi connectivity index (χ0n) is 21.5. The van der Waals surface area contributed by atoms with Crippen molar-refractivity contribution in [2.75, 3.05) is 6.61 Å². The number of Topliss-reactive ketones (excluding diaryl/α,β-unsaturated/α-hetero) is 1. The summed E-state index contributed by atoms with van der Waals surface area (Å²) in [6, 6.07) is 0. The smallest absolute Gasteiger partial charge is 0.726 e. The first-order chi connectivity index (χ1) is 15.0. The van der Waals surface area contributed by atoms with Gasteiger partial charge in [-0.25, -0.2) is 8.42 Å². The zero-order valence-corrected chi connectivity index (χ0v) is 24.3. The van der Waals surface area contributed by atoms with E-state index in [1.807, 2.05) is 0 Å². The van der Waals surface area contributed by atoms with E-state index in [2.05, 4.69) is 31.9 Å². The van der Waals surface area contributed by atoms with Crippen LogP contribution in [0.2, 0.25) is 0 Å². The fraction of sp³-hybridized carbons (Fsp3) is 0.962. The van der Waals surface area contributed by atoms with Crippen molar-refractivity contribution in [2.45, 2.75) is 98.3 Å². The van der Waals surface area contributed by atoms with E-state index in [-0.39, 0.29) is 53.4 Å². The molecule has 0 radical (unpaired) electrons. The molecule has 0 aromatic rings. The van der Waals surface area contributed by atoms with Gasteiger partial charge in [-0.15, -0.1) is 0 Å². The quantitative estimate of drug-likeness (QED) is 0.237. The Kier molecular flexibility index (Phi) is 8.94. The molecule has 3 unspecified atom stereocenters. The normalized spacial score (nSPS) is 43.7. The maximum Gasteiger partial charge on any atom is 1.00 e. The van der Waals surface area contributed by atoms with Gasteiger partial charge < -0.3 is 4.55 Å². The van der Waals surface area contributed by atoms with Crippen LogP contribution in [0.5, 0.6) is 0 Å². The van der Waals surface area contributed by atoms with Gasteiger partial charge in [0.15, 0.2) is 0 Å². The van der Waals surface area contributed by atoms with Gasteiger partial charge in [0.25, 0.3) is 0 Å². The van der Waals surface area contributed by atoms with Crippen molar-refractivity contribution >= 4 is 16.2 Å². The molecule has 33 heavy (non-hydrogen) atoms. The van der Waals surface area contributed by atoms with Crippen LogP contribution in [0.3, 0.4) is 0 Å². The SMILES string of the molecule is CC[C@H]1C(=O)C2C3CC[C@H]([C@H](C)CCCOS(=O)(=O)[O-])[C@@]3(C)CCC2[C@@]2(C)CCCC[C@@H]12.[Na+]. The topological polar surface area (TPSA) is 83.5 Å². The second kappa shape index (κ2) is 10.5. The molecule has 0 aliphatic heterocycles. The molecule has 0 heterocycles. The summed E-state index contributed by atoms with van der Waals surface area (Å²) in [5, 5.41) is 0. The Bertz CT molecular complexity index is 815. The third-order valence-electron chi connectivity index (χ3n) is 10.9. The van der Waals surface area contributed by atoms with Gasteiger partial charge in [0, 0.05) is 11.8 Å². The molecule has 4 aliphatic carbocycles. The number of carbonyl (C=O) groups is 1. The Balaban J connectivity index is 0.00000306. The Labute approximate surface area is 223 Å². The van der Waals surface area contributed by atoms with Crippen LogP contribution in [0, 0.1) is 52.3 Å².